The van der Waals surface area contributed by atoms with Gasteiger partial charge < -0.3 is 135 Å². The molecule has 5 amide bonds. The second kappa shape index (κ2) is 34.5. The lowest BCUT2D eigenvalue weighted by molar-refractivity contribution is -0.367. The predicted molar refractivity (Wildman–Crippen MR) is 296 cm³/mol. The van der Waals surface area contributed by atoms with Crippen molar-refractivity contribution in [2.75, 3.05) is 39.6 Å². The fourth-order valence-electron chi connectivity index (χ4n) is 11.0. The number of amides is 5. The van der Waals surface area contributed by atoms with Crippen molar-refractivity contribution in [1.29, 1.82) is 0 Å². The fraction of sp³-hybridized carbons (Fsp3) is 0.768. The van der Waals surface area contributed by atoms with E-state index in [9.17, 15) is 85.3 Å². The molecule has 5 aliphatic heterocycles. The van der Waals surface area contributed by atoms with Gasteiger partial charge in [0, 0.05) is 46.1 Å². The number of aliphatic hydroxyl groups excluding tert-OH is 12. The van der Waals surface area contributed by atoms with Gasteiger partial charge in [-0.15, -0.1) is 11.8 Å². The summed E-state index contributed by atoms with van der Waals surface area (Å²) in [6.07, 6.45) is -29.4. The number of benzene rings is 1. The molecule has 0 saturated carbocycles. The van der Waals surface area contributed by atoms with Gasteiger partial charge in [0.25, 0.3) is 5.91 Å². The Morgan fingerprint density at radius 1 is 0.455 bits per heavy atom. The molecule has 13 unspecified atom stereocenters. The summed E-state index contributed by atoms with van der Waals surface area (Å²) in [4.78, 5) is 64.1. The van der Waals surface area contributed by atoms with Crippen LogP contribution in [0.5, 0.6) is 5.75 Å². The average molecular weight is 1260 g/mol. The Bertz CT molecular complexity index is 2460. The Morgan fingerprint density at radius 2 is 0.830 bits per heavy atom. The Balaban J connectivity index is 1.18. The number of carbonyl (C=O) groups is 5. The molecular formula is C56H87N5O27. The van der Waals surface area contributed by atoms with Crippen molar-refractivity contribution < 1.29 is 133 Å². The SMILES string of the molecule is CCCCCCC#CCCCOc1cccc(C(=O)N[C@@H]2C(O[C@H]3C(O)C(NC(C)=O)C(OC4C(CO)O[C@@H](O[C@H]5C(O)C(NC(C)=O)C(OC6C(CO)OC(O)[C@@H](NC(C)=O)[C@H]6O)O[C@H]5CO)[C@@H](NC(C)=O)[C@H]4O)O[C@H]3CO)OC(CO)[C@@H](O)[C@@H]2O)c1. The van der Waals surface area contributed by atoms with Crippen LogP contribution in [0.15, 0.2) is 24.3 Å². The van der Waals surface area contributed by atoms with E-state index in [0.29, 0.717) is 25.2 Å². The zero-order valence-electron chi connectivity index (χ0n) is 49.4. The molecular weight excluding hydrogens is 1170 g/mol. The number of rotatable bonds is 27. The van der Waals surface area contributed by atoms with Crippen molar-refractivity contribution in [3.8, 4) is 17.6 Å². The van der Waals surface area contributed by atoms with E-state index in [2.05, 4.69) is 45.3 Å². The van der Waals surface area contributed by atoms with Crippen LogP contribution < -0.4 is 31.3 Å². The third-order valence-corrected chi connectivity index (χ3v) is 15.3. The van der Waals surface area contributed by atoms with Crippen LogP contribution in [-0.4, -0.2) is 284 Å². The van der Waals surface area contributed by atoms with Gasteiger partial charge in [-0.05, 0) is 31.0 Å². The number of ether oxygens (including phenoxy) is 10. The minimum atomic E-state index is -2.03. The van der Waals surface area contributed by atoms with Gasteiger partial charge in [-0.1, -0.05) is 32.3 Å². The molecule has 25 atom stereocenters. The maximum atomic E-state index is 13.9. The molecule has 17 N–H and O–H groups in total. The van der Waals surface area contributed by atoms with Gasteiger partial charge in [-0.2, -0.15) is 0 Å². The summed E-state index contributed by atoms with van der Waals surface area (Å²) in [7, 11) is 0. The molecule has 88 heavy (non-hydrogen) atoms. The molecule has 0 bridgehead atoms. The minimum Gasteiger partial charge on any atom is -0.494 e. The maximum absolute atomic E-state index is 13.9. The molecule has 32 nitrogen and oxygen atoms in total. The number of aliphatic hydroxyl groups is 12. The molecule has 5 aliphatic rings. The quantitative estimate of drug-likeness (QED) is 0.0288. The number of hydrogen-bond acceptors (Lipinski definition) is 27. The molecule has 5 saturated heterocycles. The van der Waals surface area contributed by atoms with Crippen LogP contribution >= 0.6 is 0 Å². The van der Waals surface area contributed by atoms with Crippen LogP contribution in [0.1, 0.15) is 89.9 Å². The topological polar surface area (TPSA) is 481 Å². The fourth-order valence-corrected chi connectivity index (χ4v) is 11.0. The predicted octanol–water partition coefficient (Wildman–Crippen LogP) is -6.78. The minimum absolute atomic E-state index is 0.0436. The lowest BCUT2D eigenvalue weighted by atomic mass is 9.93. The van der Waals surface area contributed by atoms with Crippen molar-refractivity contribution in [3.63, 3.8) is 0 Å². The second-order valence-electron chi connectivity index (χ2n) is 22.0. The highest BCUT2D eigenvalue weighted by atomic mass is 16.8. The van der Waals surface area contributed by atoms with Gasteiger partial charge in [0.1, 0.15) is 128 Å². The largest absolute Gasteiger partial charge is 0.494 e. The Labute approximate surface area is 507 Å². The van der Waals surface area contributed by atoms with E-state index in [1.807, 2.05) is 0 Å². The Morgan fingerprint density at radius 3 is 1.24 bits per heavy atom. The first-order chi connectivity index (χ1) is 42.0. The molecule has 0 spiro atoms. The third kappa shape index (κ3) is 18.6. The zero-order valence-corrected chi connectivity index (χ0v) is 49.4. The van der Waals surface area contributed by atoms with E-state index in [1.54, 1.807) is 12.1 Å². The normalized spacial score (nSPS) is 37.5. The molecule has 0 aromatic heterocycles. The van der Waals surface area contributed by atoms with Crippen LogP contribution in [0.25, 0.3) is 0 Å². The van der Waals surface area contributed by atoms with Crippen molar-refractivity contribution in [2.45, 2.75) is 233 Å². The maximum Gasteiger partial charge on any atom is 0.251 e. The van der Waals surface area contributed by atoms with E-state index in [-0.39, 0.29) is 5.56 Å². The van der Waals surface area contributed by atoms with Gasteiger partial charge in [-0.3, -0.25) is 24.0 Å². The third-order valence-electron chi connectivity index (χ3n) is 15.3. The van der Waals surface area contributed by atoms with Crippen LogP contribution in [0.3, 0.4) is 0 Å². The summed E-state index contributed by atoms with van der Waals surface area (Å²) in [5.41, 5.74) is 0.0436. The first kappa shape index (κ1) is 72.2. The van der Waals surface area contributed by atoms with E-state index in [0.717, 1.165) is 53.4 Å². The molecule has 0 radical (unpaired) electrons. The highest BCUT2D eigenvalue weighted by Gasteiger charge is 2.58. The molecule has 6 rings (SSSR count). The highest BCUT2D eigenvalue weighted by molar-refractivity contribution is 5.94. The van der Waals surface area contributed by atoms with E-state index >= 15 is 0 Å². The van der Waals surface area contributed by atoms with Crippen LogP contribution in [0.4, 0.5) is 0 Å². The molecule has 1 aromatic carbocycles. The van der Waals surface area contributed by atoms with Gasteiger partial charge in [0.05, 0.1) is 39.6 Å². The monoisotopic (exact) mass is 1260 g/mol. The molecule has 5 heterocycles. The first-order valence-corrected chi connectivity index (χ1v) is 29.3. The van der Waals surface area contributed by atoms with Gasteiger partial charge >= 0.3 is 0 Å². The van der Waals surface area contributed by atoms with Gasteiger partial charge in [0.15, 0.2) is 31.5 Å². The summed E-state index contributed by atoms with van der Waals surface area (Å²) in [6, 6.07) is -2.26. The van der Waals surface area contributed by atoms with Crippen molar-refractivity contribution >= 4 is 29.5 Å². The van der Waals surface area contributed by atoms with Gasteiger partial charge in [0.2, 0.25) is 23.6 Å². The first-order valence-electron chi connectivity index (χ1n) is 29.3. The second-order valence-corrected chi connectivity index (χ2v) is 22.0. The van der Waals surface area contributed by atoms with E-state index < -0.39 is 216 Å². The Kier molecular flexibility index (Phi) is 28.3. The summed E-state index contributed by atoms with van der Waals surface area (Å²) in [5.74, 6) is 2.72. The average Bonchev–Trinajstić information content (AvgIpc) is 1.44. The molecule has 498 valence electrons. The van der Waals surface area contributed by atoms with Crippen LogP contribution in [0.2, 0.25) is 0 Å². The van der Waals surface area contributed by atoms with E-state index in [1.165, 1.54) is 18.6 Å². The zero-order chi connectivity index (χ0) is 64.5. The highest BCUT2D eigenvalue weighted by Crippen LogP contribution is 2.36. The molecule has 5 fully saturated rings. The summed E-state index contributed by atoms with van der Waals surface area (Å²) in [5, 5.41) is 145. The smallest absolute Gasteiger partial charge is 0.251 e. The lowest BCUT2D eigenvalue weighted by Gasteiger charge is -2.51. The van der Waals surface area contributed by atoms with Crippen molar-refractivity contribution in [2.24, 2.45) is 0 Å². The standard InChI is InChI=1S/C56H87N5O27/c1-6-7-8-9-10-11-12-13-14-18-79-30-17-15-16-29(19-30)51(77)61-37-42(72)41(71)31(20-62)81-53(37)86-48-33(22-64)83-55(39(44(48)74)59-27(4)69)88-50-35(24-66)84-56(40(46(50)76)60-28(5)70)87-49-34(23-65)82-54(38(45(49)75)58-26(3)68)85-47-32(21-63)80-52(78)36(43(47)73)57-25(2)67/h15-17,19,31-50,52-56,62-66,71-76,78H,6-10,13-14,18,20-24H2,1-5H3,(H,57,67)(H,58,68)(H,59,69)(H,60,70)(H,61,77)/t31?,32?,33-,34-,35?,36-,37-,38?,39?,40-,41+,42+,43+,44?,45?,46+,47?,48+,49+,50?,52?,53?,54?,55?,56-/m0/s1. The number of unbranched alkanes of at least 4 members (excludes halogenated alkanes) is 5. The number of nitrogens with one attached hydrogen (secondary N) is 5. The van der Waals surface area contributed by atoms with E-state index in [4.69, 9.17) is 47.4 Å². The van der Waals surface area contributed by atoms with Gasteiger partial charge in [-0.25, -0.2) is 0 Å². The summed E-state index contributed by atoms with van der Waals surface area (Å²) in [6.45, 7) is 1.92. The number of carbonyl (C=O) groups excluding carboxylic acids is 5. The Hall–Kier alpha value is -4.91. The number of hydrogen-bond donors (Lipinski definition) is 17. The van der Waals surface area contributed by atoms with Crippen molar-refractivity contribution in [1.82, 2.24) is 26.6 Å². The summed E-state index contributed by atoms with van der Waals surface area (Å²) < 4.78 is 59.8. The van der Waals surface area contributed by atoms with Crippen LogP contribution in [-0.2, 0) is 61.8 Å². The summed E-state index contributed by atoms with van der Waals surface area (Å²) >= 11 is 0. The molecule has 0 aliphatic carbocycles. The molecule has 32 heteroatoms. The molecule has 1 aromatic rings. The van der Waals surface area contributed by atoms with Crippen LogP contribution in [0, 0.1) is 11.8 Å². The van der Waals surface area contributed by atoms with Crippen molar-refractivity contribution in [3.05, 3.63) is 29.8 Å². The lowest BCUT2D eigenvalue weighted by Crippen LogP contribution is -2.72.